The van der Waals surface area contributed by atoms with E-state index in [0.29, 0.717) is 18.1 Å². The van der Waals surface area contributed by atoms with Crippen LogP contribution in [-0.4, -0.2) is 23.1 Å². The van der Waals surface area contributed by atoms with Crippen molar-refractivity contribution in [2.24, 2.45) is 0 Å². The Morgan fingerprint density at radius 2 is 1.64 bits per heavy atom. The third-order valence-electron chi connectivity index (χ3n) is 4.90. The van der Waals surface area contributed by atoms with Crippen LogP contribution in [0.4, 0.5) is 0 Å². The summed E-state index contributed by atoms with van der Waals surface area (Å²) >= 11 is 0. The van der Waals surface area contributed by atoms with Gasteiger partial charge in [0.15, 0.2) is 6.73 Å². The Morgan fingerprint density at radius 1 is 1.00 bits per heavy atom. The molecule has 0 fully saturated rings. The highest BCUT2D eigenvalue weighted by Crippen LogP contribution is 2.32. The van der Waals surface area contributed by atoms with Crippen molar-refractivity contribution in [2.45, 2.75) is 39.7 Å². The number of aryl methyl sites for hydroxylation is 1. The van der Waals surface area contributed by atoms with Crippen LogP contribution in [0.5, 0.6) is 0 Å². The van der Waals surface area contributed by atoms with E-state index in [2.05, 4.69) is 32.9 Å². The molecule has 0 bridgehead atoms. The van der Waals surface area contributed by atoms with Crippen molar-refractivity contribution in [3.63, 3.8) is 0 Å². The van der Waals surface area contributed by atoms with Crippen LogP contribution < -0.4 is 0 Å². The van der Waals surface area contributed by atoms with Crippen molar-refractivity contribution in [1.29, 1.82) is 0 Å². The summed E-state index contributed by atoms with van der Waals surface area (Å²) in [7, 11) is 0. The fourth-order valence-electron chi connectivity index (χ4n) is 3.33. The molecule has 0 saturated heterocycles. The van der Waals surface area contributed by atoms with E-state index in [-0.39, 0.29) is 11.4 Å². The Kier molecular flexibility index (Phi) is 4.67. The summed E-state index contributed by atoms with van der Waals surface area (Å²) < 4.78 is 5.87. The highest BCUT2D eigenvalue weighted by Gasteiger charge is 2.37. The molecule has 1 aliphatic rings. The SMILES string of the molecule is CC1=C(c2ccccc2)C(=O)N(C(C)(C)Cc2ccccc2C)CO1. The van der Waals surface area contributed by atoms with Crippen molar-refractivity contribution < 1.29 is 9.53 Å². The van der Waals surface area contributed by atoms with Gasteiger partial charge in [-0.05, 0) is 50.8 Å². The molecule has 0 aliphatic carbocycles. The van der Waals surface area contributed by atoms with Gasteiger partial charge in [0.1, 0.15) is 5.76 Å². The van der Waals surface area contributed by atoms with E-state index in [0.717, 1.165) is 12.0 Å². The molecule has 0 radical (unpaired) electrons. The molecular weight excluding hydrogens is 310 g/mol. The number of benzene rings is 2. The molecule has 0 atom stereocenters. The van der Waals surface area contributed by atoms with Crippen LogP contribution in [0.1, 0.15) is 37.5 Å². The summed E-state index contributed by atoms with van der Waals surface area (Å²) in [6.07, 6.45) is 0.788. The Balaban J connectivity index is 1.90. The average Bonchev–Trinajstić information content (AvgIpc) is 2.57. The van der Waals surface area contributed by atoms with Crippen LogP contribution in [0.2, 0.25) is 0 Å². The molecule has 2 aromatic rings. The lowest BCUT2D eigenvalue weighted by Crippen LogP contribution is -2.52. The Hall–Kier alpha value is -2.55. The van der Waals surface area contributed by atoms with E-state index < -0.39 is 0 Å². The summed E-state index contributed by atoms with van der Waals surface area (Å²) in [6, 6.07) is 18.1. The second-order valence-corrected chi connectivity index (χ2v) is 7.22. The molecule has 0 saturated carbocycles. The molecule has 25 heavy (non-hydrogen) atoms. The molecule has 130 valence electrons. The summed E-state index contributed by atoms with van der Waals surface area (Å²) in [5.41, 5.74) is 3.72. The average molecular weight is 335 g/mol. The van der Waals surface area contributed by atoms with Crippen LogP contribution in [0, 0.1) is 6.92 Å². The Labute approximate surface area is 149 Å². The van der Waals surface area contributed by atoms with Gasteiger partial charge in [-0.1, -0.05) is 54.6 Å². The minimum Gasteiger partial charge on any atom is -0.477 e. The summed E-state index contributed by atoms with van der Waals surface area (Å²) in [5.74, 6) is 0.729. The Bertz CT molecular complexity index is 806. The highest BCUT2D eigenvalue weighted by atomic mass is 16.5. The summed E-state index contributed by atoms with van der Waals surface area (Å²) in [5, 5.41) is 0. The van der Waals surface area contributed by atoms with Gasteiger partial charge >= 0.3 is 0 Å². The number of allylic oxidation sites excluding steroid dienone is 1. The van der Waals surface area contributed by atoms with Crippen molar-refractivity contribution in [3.8, 4) is 0 Å². The molecule has 2 aromatic carbocycles. The molecule has 0 N–H and O–H groups in total. The minimum absolute atomic E-state index is 0.0357. The number of rotatable bonds is 4. The standard InChI is InChI=1S/C22H25NO2/c1-16-10-8-9-13-19(16)14-22(3,4)23-15-25-17(2)20(21(23)24)18-11-6-5-7-12-18/h5-13H,14-15H2,1-4H3. The molecule has 1 aliphatic heterocycles. The third-order valence-corrected chi connectivity index (χ3v) is 4.90. The predicted octanol–water partition coefficient (Wildman–Crippen LogP) is 4.56. The van der Waals surface area contributed by atoms with Gasteiger partial charge in [0.2, 0.25) is 0 Å². The van der Waals surface area contributed by atoms with Gasteiger partial charge < -0.3 is 4.74 Å². The number of amides is 1. The first kappa shape index (κ1) is 17.3. The highest BCUT2D eigenvalue weighted by molar-refractivity contribution is 6.20. The zero-order chi connectivity index (χ0) is 18.0. The zero-order valence-electron chi connectivity index (χ0n) is 15.4. The topological polar surface area (TPSA) is 29.5 Å². The summed E-state index contributed by atoms with van der Waals surface area (Å²) in [6.45, 7) is 8.47. The van der Waals surface area contributed by atoms with E-state index in [1.165, 1.54) is 11.1 Å². The number of ether oxygens (including phenoxy) is 1. The molecule has 3 nitrogen and oxygen atoms in total. The maximum Gasteiger partial charge on any atom is 0.260 e. The lowest BCUT2D eigenvalue weighted by Gasteiger charge is -2.41. The molecule has 0 spiro atoms. The van der Waals surface area contributed by atoms with Crippen LogP contribution >= 0.6 is 0 Å². The van der Waals surface area contributed by atoms with Crippen molar-refractivity contribution in [2.75, 3.05) is 6.73 Å². The summed E-state index contributed by atoms with van der Waals surface area (Å²) in [4.78, 5) is 15.1. The van der Waals surface area contributed by atoms with Crippen molar-refractivity contribution >= 4 is 11.5 Å². The number of hydrogen-bond acceptors (Lipinski definition) is 2. The molecule has 1 heterocycles. The number of hydrogen-bond donors (Lipinski definition) is 0. The van der Waals surface area contributed by atoms with Gasteiger partial charge in [0.05, 0.1) is 5.57 Å². The molecule has 3 heteroatoms. The van der Waals surface area contributed by atoms with E-state index in [1.807, 2.05) is 54.3 Å². The van der Waals surface area contributed by atoms with Crippen molar-refractivity contribution in [3.05, 3.63) is 77.0 Å². The first-order valence-electron chi connectivity index (χ1n) is 8.66. The fraction of sp³-hybridized carbons (Fsp3) is 0.318. The van der Waals surface area contributed by atoms with Gasteiger partial charge in [-0.2, -0.15) is 0 Å². The fourth-order valence-corrected chi connectivity index (χ4v) is 3.33. The Morgan fingerprint density at radius 3 is 2.32 bits per heavy atom. The maximum absolute atomic E-state index is 13.2. The van der Waals surface area contributed by atoms with Gasteiger partial charge in [-0.3, -0.25) is 9.69 Å². The lowest BCUT2D eigenvalue weighted by molar-refractivity contribution is -0.138. The van der Waals surface area contributed by atoms with E-state index >= 15 is 0 Å². The number of carbonyl (C=O) groups is 1. The van der Waals surface area contributed by atoms with Gasteiger partial charge in [0.25, 0.3) is 5.91 Å². The number of carbonyl (C=O) groups excluding carboxylic acids is 1. The second kappa shape index (κ2) is 6.75. The quantitative estimate of drug-likeness (QED) is 0.819. The largest absolute Gasteiger partial charge is 0.477 e. The first-order valence-corrected chi connectivity index (χ1v) is 8.66. The van der Waals surface area contributed by atoms with E-state index in [9.17, 15) is 4.79 Å². The van der Waals surface area contributed by atoms with Crippen LogP contribution in [-0.2, 0) is 16.0 Å². The second-order valence-electron chi connectivity index (χ2n) is 7.22. The van der Waals surface area contributed by atoms with Crippen LogP contribution in [0.3, 0.4) is 0 Å². The van der Waals surface area contributed by atoms with Gasteiger partial charge in [-0.15, -0.1) is 0 Å². The molecule has 1 amide bonds. The lowest BCUT2D eigenvalue weighted by atomic mass is 9.89. The minimum atomic E-state index is -0.343. The first-order chi connectivity index (χ1) is 11.9. The normalized spacial score (nSPS) is 15.4. The molecule has 3 rings (SSSR count). The monoisotopic (exact) mass is 335 g/mol. The zero-order valence-corrected chi connectivity index (χ0v) is 15.4. The van der Waals surface area contributed by atoms with E-state index in [1.54, 1.807) is 0 Å². The van der Waals surface area contributed by atoms with Crippen LogP contribution in [0.25, 0.3) is 5.57 Å². The van der Waals surface area contributed by atoms with Gasteiger partial charge in [0, 0.05) is 5.54 Å². The third kappa shape index (κ3) is 3.46. The smallest absolute Gasteiger partial charge is 0.260 e. The van der Waals surface area contributed by atoms with E-state index in [4.69, 9.17) is 4.74 Å². The molecule has 0 unspecified atom stereocenters. The molecule has 0 aromatic heterocycles. The predicted molar refractivity (Wildman–Crippen MR) is 101 cm³/mol. The van der Waals surface area contributed by atoms with Crippen molar-refractivity contribution in [1.82, 2.24) is 4.90 Å². The van der Waals surface area contributed by atoms with Gasteiger partial charge in [-0.25, -0.2) is 0 Å². The molecular formula is C22H25NO2. The van der Waals surface area contributed by atoms with Crippen LogP contribution in [0.15, 0.2) is 60.4 Å². The number of nitrogens with zero attached hydrogens (tertiary/aromatic N) is 1. The maximum atomic E-state index is 13.2.